The summed E-state index contributed by atoms with van der Waals surface area (Å²) in [7, 11) is -10.8. The van der Waals surface area contributed by atoms with E-state index in [2.05, 4.69) is 0 Å². The summed E-state index contributed by atoms with van der Waals surface area (Å²) in [5.74, 6) is 0. The molecule has 0 fully saturated rings. The Bertz CT molecular complexity index is 138. The maximum absolute atomic E-state index is 8.55. The summed E-state index contributed by atoms with van der Waals surface area (Å²) in [6.45, 7) is 0. The van der Waals surface area contributed by atoms with Crippen molar-refractivity contribution in [2.24, 2.45) is 0 Å². The molecule has 0 N–H and O–H groups in total. The third-order valence-corrected chi connectivity index (χ3v) is 0. The Kier molecular flexibility index (Phi) is 39.7. The molecular weight excluding hydrogens is 319 g/mol. The minimum absolute atomic E-state index is 0. The first kappa shape index (κ1) is 36.0. The average molecular weight is 319 g/mol. The molecule has 0 bridgehead atoms. The Morgan fingerprint density at radius 3 is 0.643 bits per heavy atom. The molecule has 1 radical (unpaired) electrons. The molecule has 8 nitrogen and oxygen atoms in total. The zero-order valence-corrected chi connectivity index (χ0v) is 10.8. The van der Waals surface area contributed by atoms with Crippen LogP contribution in [0.5, 0.6) is 0 Å². The van der Waals surface area contributed by atoms with Gasteiger partial charge in [0.15, 0.2) is 0 Å². The van der Waals surface area contributed by atoms with E-state index in [-0.39, 0.29) is 71.6 Å². The molecule has 0 aromatic carbocycles. The molecule has 0 heterocycles. The van der Waals surface area contributed by atoms with E-state index in [4.69, 9.17) is 38.5 Å². The smallest absolute Gasteiger partial charge is 0.822 e. The number of rotatable bonds is 0. The Labute approximate surface area is 125 Å². The second-order valence-electron chi connectivity index (χ2n) is 0.894. The zero-order valence-electron chi connectivity index (χ0n) is 6.85. The molecule has 0 aliphatic carbocycles. The molecule has 0 spiro atoms. The third kappa shape index (κ3) is 438. The van der Waals surface area contributed by atoms with Crippen LogP contribution in [0, 0.1) is 0 Å². The van der Waals surface area contributed by atoms with E-state index in [1.54, 1.807) is 0 Å². The van der Waals surface area contributed by atoms with Crippen LogP contribution in [0.25, 0.3) is 0 Å². The maximum Gasteiger partial charge on any atom is 2.00 e. The van der Waals surface area contributed by atoms with Gasteiger partial charge in [-0.2, -0.15) is 15.6 Å². The SMILES string of the molecule is O=P([O-])([O-])[O-].O=P([O-])([O-])[O-].[Co+2].[Fe+2].[Li+].[Li+]. The summed E-state index contributed by atoms with van der Waals surface area (Å²) in [4.78, 5) is 51.3. The predicted octanol–water partition coefficient (Wildman–Crippen LogP) is -11.6. The van der Waals surface area contributed by atoms with Crippen LogP contribution in [0.15, 0.2) is 0 Å². The molecule has 0 aromatic rings. The largest absolute Gasteiger partial charge is 2.00 e. The summed E-state index contributed by atoms with van der Waals surface area (Å²) in [5, 5.41) is 0. The predicted molar refractivity (Wildman–Crippen MR) is 15.2 cm³/mol. The second-order valence-corrected chi connectivity index (χ2v) is 2.68. The van der Waals surface area contributed by atoms with Crippen molar-refractivity contribution in [1.82, 2.24) is 0 Å². The van der Waals surface area contributed by atoms with Crippen molar-refractivity contribution in [3.63, 3.8) is 0 Å². The van der Waals surface area contributed by atoms with Crippen LogP contribution in [-0.2, 0) is 43.0 Å². The Morgan fingerprint density at radius 2 is 0.643 bits per heavy atom. The summed E-state index contributed by atoms with van der Waals surface area (Å²) >= 11 is 0. The van der Waals surface area contributed by atoms with Gasteiger partial charge in [-0.05, 0) is 0 Å². The van der Waals surface area contributed by atoms with E-state index in [1.807, 2.05) is 0 Å². The summed E-state index contributed by atoms with van der Waals surface area (Å²) in [6.07, 6.45) is 0. The normalized spacial score (nSPS) is 8.43. The fourth-order valence-electron chi connectivity index (χ4n) is 0. The summed E-state index contributed by atoms with van der Waals surface area (Å²) in [5.41, 5.74) is 0. The first-order valence-corrected chi connectivity index (χ1v) is 4.38. The standard InChI is InChI=1S/Co.Fe.2Li.2H3O4P/c;;;;2*1-5(2,3)4/h;;;;2*(H3,1,2,3,4)/q2*+2;2*+1;;/p-6. The Balaban J connectivity index is -0.0000000178. The van der Waals surface area contributed by atoms with Crippen molar-refractivity contribution in [2.45, 2.75) is 0 Å². The monoisotopic (exact) mass is 319 g/mol. The molecule has 0 saturated carbocycles. The van der Waals surface area contributed by atoms with E-state index >= 15 is 0 Å². The Morgan fingerprint density at radius 1 is 0.643 bits per heavy atom. The van der Waals surface area contributed by atoms with Crippen LogP contribution >= 0.6 is 15.6 Å². The molecule has 14 heteroatoms. The topological polar surface area (TPSA) is 172 Å². The van der Waals surface area contributed by atoms with Gasteiger partial charge in [-0.3, -0.25) is 0 Å². The number of hydrogen-bond donors (Lipinski definition) is 0. The quantitative estimate of drug-likeness (QED) is 0.312. The molecule has 0 amide bonds. The van der Waals surface area contributed by atoms with E-state index in [1.165, 1.54) is 0 Å². The fourth-order valence-corrected chi connectivity index (χ4v) is 0. The van der Waals surface area contributed by atoms with Crippen LogP contribution in [-0.4, -0.2) is 0 Å². The first-order chi connectivity index (χ1) is 4.00. The van der Waals surface area contributed by atoms with E-state index in [0.717, 1.165) is 0 Å². The van der Waals surface area contributed by atoms with Crippen molar-refractivity contribution >= 4 is 15.6 Å². The van der Waals surface area contributed by atoms with Crippen LogP contribution in [0.1, 0.15) is 0 Å². The van der Waals surface area contributed by atoms with Crippen molar-refractivity contribution in [1.29, 1.82) is 0 Å². The van der Waals surface area contributed by atoms with Crippen molar-refractivity contribution in [3.05, 3.63) is 0 Å². The van der Waals surface area contributed by atoms with Crippen LogP contribution in [0.2, 0.25) is 0 Å². The minimum atomic E-state index is -5.39. The average Bonchev–Trinajstić information content (AvgIpc) is 1.12. The molecule has 0 atom stereocenters. The number of hydrogen-bond acceptors (Lipinski definition) is 8. The van der Waals surface area contributed by atoms with Gasteiger partial charge >= 0.3 is 71.6 Å². The summed E-state index contributed by atoms with van der Waals surface area (Å²) in [6, 6.07) is 0. The molecule has 0 aromatic heterocycles. The molecule has 14 heavy (non-hydrogen) atoms. The Hall–Kier alpha value is 2.44. The fraction of sp³-hybridized carbons (Fsp3) is 0. The molecule has 0 aliphatic heterocycles. The second kappa shape index (κ2) is 15.4. The van der Waals surface area contributed by atoms with Gasteiger partial charge in [-0.1, -0.05) is 0 Å². The summed E-state index contributed by atoms with van der Waals surface area (Å²) < 4.78 is 17.1. The van der Waals surface area contributed by atoms with E-state index < -0.39 is 15.6 Å². The molecule has 0 aliphatic rings. The van der Waals surface area contributed by atoms with Crippen LogP contribution in [0.4, 0.5) is 0 Å². The van der Waals surface area contributed by atoms with Crippen LogP contribution < -0.4 is 67.1 Å². The van der Waals surface area contributed by atoms with Gasteiger partial charge in [-0.25, -0.2) is 0 Å². The van der Waals surface area contributed by atoms with Crippen LogP contribution in [0.3, 0.4) is 0 Å². The van der Waals surface area contributed by atoms with Gasteiger partial charge in [0.1, 0.15) is 0 Å². The van der Waals surface area contributed by atoms with Gasteiger partial charge in [-0.15, -0.1) is 0 Å². The molecule has 0 rings (SSSR count). The number of phosphoric acid groups is 2. The third-order valence-electron chi connectivity index (χ3n) is 0. The molecule has 0 unspecified atom stereocenters. The van der Waals surface area contributed by atoms with Gasteiger partial charge in [0.25, 0.3) is 0 Å². The maximum atomic E-state index is 8.55. The van der Waals surface area contributed by atoms with Crippen molar-refractivity contribution in [2.75, 3.05) is 0 Å². The van der Waals surface area contributed by atoms with Gasteiger partial charge < -0.3 is 38.5 Å². The van der Waals surface area contributed by atoms with Gasteiger partial charge in [0.05, 0.1) is 0 Å². The van der Waals surface area contributed by atoms with Crippen molar-refractivity contribution < 1.29 is 110 Å². The first-order valence-electron chi connectivity index (χ1n) is 1.46. The molecule has 0 saturated heterocycles. The molecule has 77 valence electrons. The van der Waals surface area contributed by atoms with E-state index in [9.17, 15) is 0 Å². The minimum Gasteiger partial charge on any atom is -0.822 e. The molecular formula is CoFeLi2O8P2. The van der Waals surface area contributed by atoms with E-state index in [0.29, 0.717) is 0 Å². The van der Waals surface area contributed by atoms with Gasteiger partial charge in [0, 0.05) is 0 Å². The van der Waals surface area contributed by atoms with Gasteiger partial charge in [0.2, 0.25) is 0 Å². The van der Waals surface area contributed by atoms with Crippen molar-refractivity contribution in [3.8, 4) is 0 Å². The zero-order chi connectivity index (χ0) is 9.00.